The lowest BCUT2D eigenvalue weighted by atomic mass is 10.2. The second-order valence-corrected chi connectivity index (χ2v) is 4.33. The van der Waals surface area contributed by atoms with Crippen LogP contribution in [0.25, 0.3) is 0 Å². The van der Waals surface area contributed by atoms with Gasteiger partial charge in [0.25, 0.3) is 0 Å². The first kappa shape index (κ1) is 14.2. The number of carboxylic acids is 1. The van der Waals surface area contributed by atoms with E-state index in [9.17, 15) is 9.59 Å². The Bertz CT molecular complexity index is 401. The highest BCUT2D eigenvalue weighted by Crippen LogP contribution is 2.02. The Balaban J connectivity index is 2.48. The molecule has 8 heteroatoms. The number of hydrogen-bond acceptors (Lipinski definition) is 5. The van der Waals surface area contributed by atoms with Gasteiger partial charge in [-0.2, -0.15) is 11.8 Å². The number of nitrogens with zero attached hydrogens (tertiary/aromatic N) is 2. The molecule has 3 N–H and O–H groups in total. The molecule has 98 valence electrons. The molecule has 0 fully saturated rings. The minimum atomic E-state index is -1.06. The minimum Gasteiger partial charge on any atom is -0.480 e. The second kappa shape index (κ2) is 7.49. The molecular formula is C10H14N4O3S. The third-order valence-corrected chi connectivity index (χ3v) is 2.65. The van der Waals surface area contributed by atoms with Gasteiger partial charge in [0.1, 0.15) is 6.04 Å². The van der Waals surface area contributed by atoms with Crippen LogP contribution in [0.2, 0.25) is 0 Å². The van der Waals surface area contributed by atoms with E-state index in [1.807, 2.05) is 6.26 Å². The Morgan fingerprint density at radius 2 is 2.11 bits per heavy atom. The summed E-state index contributed by atoms with van der Waals surface area (Å²) in [4.78, 5) is 30.0. The van der Waals surface area contributed by atoms with Gasteiger partial charge in [0.2, 0.25) is 5.95 Å². The van der Waals surface area contributed by atoms with Crippen LogP contribution in [0.4, 0.5) is 10.7 Å². The Labute approximate surface area is 108 Å². The van der Waals surface area contributed by atoms with Gasteiger partial charge in [-0.3, -0.25) is 5.32 Å². The van der Waals surface area contributed by atoms with Gasteiger partial charge < -0.3 is 10.4 Å². The third-order valence-electron chi connectivity index (χ3n) is 2.01. The van der Waals surface area contributed by atoms with E-state index in [1.165, 1.54) is 24.2 Å². The number of urea groups is 1. The number of aromatic nitrogens is 2. The zero-order valence-electron chi connectivity index (χ0n) is 9.79. The lowest BCUT2D eigenvalue weighted by molar-refractivity contribution is -0.139. The summed E-state index contributed by atoms with van der Waals surface area (Å²) >= 11 is 1.52. The van der Waals surface area contributed by atoms with E-state index in [2.05, 4.69) is 20.6 Å². The first-order chi connectivity index (χ1) is 8.63. The van der Waals surface area contributed by atoms with Crippen LogP contribution >= 0.6 is 11.8 Å². The molecule has 0 aliphatic rings. The third kappa shape index (κ3) is 5.00. The van der Waals surface area contributed by atoms with Crippen LogP contribution in [-0.4, -0.2) is 45.1 Å². The molecule has 2 amide bonds. The number of rotatable bonds is 6. The number of amides is 2. The number of carbonyl (C=O) groups is 2. The topological polar surface area (TPSA) is 104 Å². The molecule has 1 rings (SSSR count). The van der Waals surface area contributed by atoms with Crippen molar-refractivity contribution in [2.75, 3.05) is 17.3 Å². The van der Waals surface area contributed by atoms with Crippen LogP contribution in [-0.2, 0) is 4.79 Å². The van der Waals surface area contributed by atoms with Crippen molar-refractivity contribution in [1.29, 1.82) is 0 Å². The average Bonchev–Trinajstić information content (AvgIpc) is 2.35. The summed E-state index contributed by atoms with van der Waals surface area (Å²) in [6.45, 7) is 0. The van der Waals surface area contributed by atoms with Crippen LogP contribution in [0.15, 0.2) is 18.5 Å². The number of nitrogens with one attached hydrogen (secondary N) is 2. The highest BCUT2D eigenvalue weighted by molar-refractivity contribution is 7.98. The lowest BCUT2D eigenvalue weighted by Crippen LogP contribution is -2.43. The fourth-order valence-corrected chi connectivity index (χ4v) is 1.62. The van der Waals surface area contributed by atoms with Crippen LogP contribution in [0.5, 0.6) is 0 Å². The summed E-state index contributed by atoms with van der Waals surface area (Å²) in [6, 6.07) is 0.0672. The lowest BCUT2D eigenvalue weighted by Gasteiger charge is -2.13. The van der Waals surface area contributed by atoms with Crippen molar-refractivity contribution in [3.05, 3.63) is 18.5 Å². The smallest absolute Gasteiger partial charge is 0.326 e. The first-order valence-corrected chi connectivity index (χ1v) is 6.59. The second-order valence-electron chi connectivity index (χ2n) is 3.34. The highest BCUT2D eigenvalue weighted by Gasteiger charge is 2.19. The number of anilines is 1. The molecule has 0 unspecified atom stereocenters. The van der Waals surface area contributed by atoms with Crippen molar-refractivity contribution in [1.82, 2.24) is 15.3 Å². The normalized spacial score (nSPS) is 11.6. The van der Waals surface area contributed by atoms with E-state index in [-0.39, 0.29) is 5.95 Å². The monoisotopic (exact) mass is 270 g/mol. The zero-order chi connectivity index (χ0) is 13.4. The number of thioether (sulfide) groups is 1. The van der Waals surface area contributed by atoms with Crippen molar-refractivity contribution in [3.63, 3.8) is 0 Å². The van der Waals surface area contributed by atoms with Crippen molar-refractivity contribution in [2.45, 2.75) is 12.5 Å². The Kier molecular flexibility index (Phi) is 5.92. The number of hydrogen-bond donors (Lipinski definition) is 3. The molecule has 7 nitrogen and oxygen atoms in total. The average molecular weight is 270 g/mol. The van der Waals surface area contributed by atoms with Crippen molar-refractivity contribution >= 4 is 29.7 Å². The van der Waals surface area contributed by atoms with Gasteiger partial charge in [-0.05, 0) is 24.5 Å². The zero-order valence-corrected chi connectivity index (χ0v) is 10.6. The summed E-state index contributed by atoms with van der Waals surface area (Å²) in [5.74, 6) is -0.281. The summed E-state index contributed by atoms with van der Waals surface area (Å²) in [5.41, 5.74) is 0. The van der Waals surface area contributed by atoms with Crippen LogP contribution in [0.1, 0.15) is 6.42 Å². The van der Waals surface area contributed by atoms with Gasteiger partial charge in [0, 0.05) is 12.4 Å². The summed E-state index contributed by atoms with van der Waals surface area (Å²) < 4.78 is 0. The van der Waals surface area contributed by atoms with E-state index in [1.54, 1.807) is 6.07 Å². The summed E-state index contributed by atoms with van der Waals surface area (Å²) in [5, 5.41) is 13.6. The molecule has 0 aliphatic heterocycles. The molecule has 0 spiro atoms. The van der Waals surface area contributed by atoms with E-state index < -0.39 is 18.0 Å². The van der Waals surface area contributed by atoms with E-state index in [0.717, 1.165) is 0 Å². The number of carboxylic acid groups (broad SMARTS) is 1. The molecule has 0 saturated heterocycles. The fraction of sp³-hybridized carbons (Fsp3) is 0.400. The van der Waals surface area contributed by atoms with Crippen molar-refractivity contribution in [2.24, 2.45) is 0 Å². The van der Waals surface area contributed by atoms with Gasteiger partial charge in [0.05, 0.1) is 0 Å². The molecule has 0 aromatic carbocycles. The van der Waals surface area contributed by atoms with Gasteiger partial charge in [0.15, 0.2) is 0 Å². The van der Waals surface area contributed by atoms with E-state index >= 15 is 0 Å². The SMILES string of the molecule is CSCC[C@H](NC(=O)Nc1ncccn1)C(=O)O. The van der Waals surface area contributed by atoms with E-state index in [0.29, 0.717) is 12.2 Å². The fourth-order valence-electron chi connectivity index (χ4n) is 1.15. The maximum absolute atomic E-state index is 11.5. The highest BCUT2D eigenvalue weighted by atomic mass is 32.2. The molecule has 1 aromatic heterocycles. The molecule has 0 radical (unpaired) electrons. The molecule has 1 heterocycles. The molecule has 1 aromatic rings. The molecule has 0 aliphatic carbocycles. The predicted octanol–water partition coefficient (Wildman–Crippen LogP) is 0.804. The van der Waals surface area contributed by atoms with Crippen LogP contribution in [0, 0.1) is 0 Å². The maximum atomic E-state index is 11.5. The first-order valence-electron chi connectivity index (χ1n) is 5.19. The van der Waals surface area contributed by atoms with Crippen molar-refractivity contribution < 1.29 is 14.7 Å². The van der Waals surface area contributed by atoms with Crippen LogP contribution in [0.3, 0.4) is 0 Å². The Morgan fingerprint density at radius 1 is 1.44 bits per heavy atom. The molecule has 18 heavy (non-hydrogen) atoms. The van der Waals surface area contributed by atoms with Crippen LogP contribution < -0.4 is 10.6 Å². The minimum absolute atomic E-state index is 0.129. The molecular weight excluding hydrogens is 256 g/mol. The van der Waals surface area contributed by atoms with E-state index in [4.69, 9.17) is 5.11 Å². The van der Waals surface area contributed by atoms with Gasteiger partial charge in [-0.1, -0.05) is 0 Å². The number of aliphatic carboxylic acids is 1. The summed E-state index contributed by atoms with van der Waals surface area (Å²) in [6.07, 6.45) is 5.19. The van der Waals surface area contributed by atoms with Gasteiger partial charge in [-0.15, -0.1) is 0 Å². The quantitative estimate of drug-likeness (QED) is 0.706. The predicted molar refractivity (Wildman–Crippen MR) is 68.6 cm³/mol. The molecule has 0 bridgehead atoms. The Hall–Kier alpha value is -1.83. The van der Waals surface area contributed by atoms with Gasteiger partial charge >= 0.3 is 12.0 Å². The standard InChI is InChI=1S/C10H14N4O3S/c1-18-6-3-7(8(15)16)13-10(17)14-9-11-4-2-5-12-9/h2,4-5,7H,3,6H2,1H3,(H,15,16)(H2,11,12,13,14,17)/t7-/m0/s1. The molecule has 1 atom stereocenters. The van der Waals surface area contributed by atoms with Gasteiger partial charge in [-0.25, -0.2) is 19.6 Å². The van der Waals surface area contributed by atoms with Crippen molar-refractivity contribution in [3.8, 4) is 0 Å². The Morgan fingerprint density at radius 3 is 2.67 bits per heavy atom. The largest absolute Gasteiger partial charge is 0.480 e. The number of carbonyl (C=O) groups excluding carboxylic acids is 1. The molecule has 0 saturated carbocycles. The summed E-state index contributed by atoms with van der Waals surface area (Å²) in [7, 11) is 0. The maximum Gasteiger partial charge on any atom is 0.326 e.